The molecule has 2 unspecified atom stereocenters. The van der Waals surface area contributed by atoms with Crippen LogP contribution in [-0.4, -0.2) is 53.9 Å². The van der Waals surface area contributed by atoms with Crippen molar-refractivity contribution in [3.8, 4) is 5.75 Å². The summed E-state index contributed by atoms with van der Waals surface area (Å²) in [5.74, 6) is -0.220. The number of benzene rings is 2. The van der Waals surface area contributed by atoms with Crippen LogP contribution in [0.5, 0.6) is 5.75 Å². The van der Waals surface area contributed by atoms with Crippen LogP contribution in [0.1, 0.15) is 5.56 Å². The topological polar surface area (TPSA) is 91.0 Å². The van der Waals surface area contributed by atoms with E-state index in [9.17, 15) is 14.4 Å². The first-order chi connectivity index (χ1) is 14.5. The predicted molar refractivity (Wildman–Crippen MR) is 111 cm³/mol. The quantitative estimate of drug-likeness (QED) is 0.792. The Balaban J connectivity index is 1.53. The molecule has 2 aromatic carbocycles. The van der Waals surface area contributed by atoms with Gasteiger partial charge in [0.15, 0.2) is 0 Å². The fourth-order valence-electron chi connectivity index (χ4n) is 3.79. The number of imide groups is 1. The Labute approximate surface area is 174 Å². The zero-order valence-electron chi connectivity index (χ0n) is 16.7. The van der Waals surface area contributed by atoms with Crippen molar-refractivity contribution in [1.82, 2.24) is 15.1 Å². The molecule has 1 fully saturated rings. The van der Waals surface area contributed by atoms with Crippen LogP contribution in [0.2, 0.25) is 0 Å². The molecule has 2 N–H and O–H groups in total. The summed E-state index contributed by atoms with van der Waals surface area (Å²) in [4.78, 5) is 41.6. The van der Waals surface area contributed by atoms with E-state index in [1.807, 2.05) is 30.3 Å². The molecule has 0 saturated carbocycles. The molecule has 2 aromatic rings. The van der Waals surface area contributed by atoms with Crippen LogP contribution in [0, 0.1) is 0 Å². The molecule has 2 aliphatic heterocycles. The summed E-state index contributed by atoms with van der Waals surface area (Å²) in [7, 11) is 3.24. The average Bonchev–Trinajstić information content (AvgIpc) is 3.08. The van der Waals surface area contributed by atoms with E-state index < -0.39 is 24.0 Å². The summed E-state index contributed by atoms with van der Waals surface area (Å²) >= 11 is 0. The molecule has 2 atom stereocenters. The second kappa shape index (κ2) is 7.90. The van der Waals surface area contributed by atoms with E-state index in [0.29, 0.717) is 17.0 Å². The van der Waals surface area contributed by atoms with Gasteiger partial charge in [-0.05, 0) is 17.7 Å². The van der Waals surface area contributed by atoms with Gasteiger partial charge < -0.3 is 20.3 Å². The van der Waals surface area contributed by atoms with Gasteiger partial charge in [0.05, 0.1) is 31.0 Å². The van der Waals surface area contributed by atoms with Crippen LogP contribution in [-0.2, 0) is 16.1 Å². The summed E-state index contributed by atoms with van der Waals surface area (Å²) in [6.45, 7) is 0.172. The molecule has 154 valence electrons. The van der Waals surface area contributed by atoms with Crippen molar-refractivity contribution in [1.29, 1.82) is 0 Å². The predicted octanol–water partition coefficient (Wildman–Crippen LogP) is 1.95. The lowest BCUT2D eigenvalue weighted by Gasteiger charge is -2.37. The molecule has 1 saturated heterocycles. The van der Waals surface area contributed by atoms with Gasteiger partial charge in [-0.25, -0.2) is 4.79 Å². The summed E-state index contributed by atoms with van der Waals surface area (Å²) in [5, 5.41) is 5.62. The van der Waals surface area contributed by atoms with Gasteiger partial charge in [0.2, 0.25) is 0 Å². The van der Waals surface area contributed by atoms with Crippen molar-refractivity contribution in [2.24, 2.45) is 0 Å². The molecule has 30 heavy (non-hydrogen) atoms. The molecule has 4 rings (SSSR count). The smallest absolute Gasteiger partial charge is 0.325 e. The summed E-state index contributed by atoms with van der Waals surface area (Å²) < 4.78 is 5.27. The van der Waals surface area contributed by atoms with Gasteiger partial charge in [-0.1, -0.05) is 42.5 Å². The monoisotopic (exact) mass is 406 g/mol. The lowest BCUT2D eigenvalue weighted by molar-refractivity contribution is -0.134. The second-order valence-electron chi connectivity index (χ2n) is 7.19. The van der Waals surface area contributed by atoms with Crippen LogP contribution >= 0.6 is 0 Å². The Bertz CT molecular complexity index is 1020. The molecule has 8 nitrogen and oxygen atoms in total. The first-order valence-corrected chi connectivity index (χ1v) is 9.53. The van der Waals surface area contributed by atoms with Gasteiger partial charge in [0.1, 0.15) is 11.8 Å². The van der Waals surface area contributed by atoms with E-state index in [-0.39, 0.29) is 12.5 Å². The molecule has 0 radical (unpaired) electrons. The van der Waals surface area contributed by atoms with Crippen LogP contribution in [0.4, 0.5) is 10.5 Å². The number of nitrogens with zero attached hydrogens (tertiary/aromatic N) is 2. The number of methoxy groups -OCH3 is 1. The summed E-state index contributed by atoms with van der Waals surface area (Å²) in [6, 6.07) is 14.4. The van der Waals surface area contributed by atoms with Gasteiger partial charge in [0, 0.05) is 13.2 Å². The second-order valence-corrected chi connectivity index (χ2v) is 7.19. The molecule has 2 aliphatic rings. The highest BCUT2D eigenvalue weighted by Crippen LogP contribution is 2.29. The molecule has 2 heterocycles. The summed E-state index contributed by atoms with van der Waals surface area (Å²) in [6.07, 6.45) is 1.60. The Morgan fingerprint density at radius 3 is 2.53 bits per heavy atom. The average molecular weight is 406 g/mol. The SMILES string of the molecule is COc1ccccc1NC(=O)C1=CN(C)C2C(=O)N(Cc3ccccc3)C(=O)NC12. The maximum absolute atomic E-state index is 13.1. The number of fused-ring (bicyclic) bond motifs is 1. The summed E-state index contributed by atoms with van der Waals surface area (Å²) in [5.41, 5.74) is 1.67. The number of urea groups is 1. The number of anilines is 1. The fraction of sp³-hybridized carbons (Fsp3) is 0.227. The van der Waals surface area contributed by atoms with Crippen LogP contribution < -0.4 is 15.4 Å². The number of likely N-dealkylation sites (N-methyl/N-ethyl adjacent to an activating group) is 1. The third kappa shape index (κ3) is 3.47. The molecule has 0 aliphatic carbocycles. The van der Waals surface area contributed by atoms with Crippen molar-refractivity contribution >= 4 is 23.5 Å². The Kier molecular flexibility index (Phi) is 5.14. The van der Waals surface area contributed by atoms with Gasteiger partial charge in [-0.2, -0.15) is 0 Å². The molecule has 0 aromatic heterocycles. The highest BCUT2D eigenvalue weighted by molar-refractivity contribution is 6.10. The van der Waals surface area contributed by atoms with Crippen LogP contribution in [0.25, 0.3) is 0 Å². The third-order valence-corrected chi connectivity index (χ3v) is 5.28. The molecule has 4 amide bonds. The lowest BCUT2D eigenvalue weighted by atomic mass is 9.99. The molecular weight excluding hydrogens is 384 g/mol. The van der Waals surface area contributed by atoms with Gasteiger partial charge in [0.25, 0.3) is 11.8 Å². The molecular formula is C22H22N4O4. The normalized spacial score (nSPS) is 20.4. The largest absolute Gasteiger partial charge is 0.495 e. The minimum atomic E-state index is -0.725. The minimum Gasteiger partial charge on any atom is -0.495 e. The minimum absolute atomic E-state index is 0.172. The molecule has 0 spiro atoms. The number of carbonyl (C=O) groups is 3. The van der Waals surface area contributed by atoms with E-state index >= 15 is 0 Å². The number of amides is 4. The Morgan fingerprint density at radius 2 is 1.80 bits per heavy atom. The van der Waals surface area contributed by atoms with E-state index in [4.69, 9.17) is 4.74 Å². The highest BCUT2D eigenvalue weighted by atomic mass is 16.5. The molecule has 8 heteroatoms. The first kappa shape index (κ1) is 19.5. The fourth-order valence-corrected chi connectivity index (χ4v) is 3.79. The number of carbonyl (C=O) groups excluding carboxylic acids is 3. The third-order valence-electron chi connectivity index (χ3n) is 5.28. The zero-order valence-corrected chi connectivity index (χ0v) is 16.7. The van der Waals surface area contributed by atoms with Gasteiger partial charge in [-0.15, -0.1) is 0 Å². The van der Waals surface area contributed by atoms with Crippen molar-refractivity contribution in [3.05, 3.63) is 71.9 Å². The zero-order chi connectivity index (χ0) is 21.3. The highest BCUT2D eigenvalue weighted by Gasteiger charge is 2.49. The Morgan fingerprint density at radius 1 is 1.10 bits per heavy atom. The van der Waals surface area contributed by atoms with Crippen molar-refractivity contribution in [3.63, 3.8) is 0 Å². The number of nitrogens with one attached hydrogen (secondary N) is 2. The van der Waals surface area contributed by atoms with E-state index in [1.165, 1.54) is 12.0 Å². The standard InChI is InChI=1S/C22H22N4O4/c1-25-13-15(20(27)23-16-10-6-7-11-17(16)30-2)18-19(25)21(28)26(22(29)24-18)12-14-8-4-3-5-9-14/h3-11,13,18-19H,12H2,1-2H3,(H,23,27)(H,24,29). The molecule has 0 bridgehead atoms. The number of hydrogen-bond acceptors (Lipinski definition) is 5. The van der Waals surface area contributed by atoms with Crippen molar-refractivity contribution < 1.29 is 19.1 Å². The number of para-hydroxylation sites is 2. The van der Waals surface area contributed by atoms with Crippen molar-refractivity contribution in [2.45, 2.75) is 18.6 Å². The number of hydrogen-bond donors (Lipinski definition) is 2. The Hall–Kier alpha value is -3.81. The van der Waals surface area contributed by atoms with E-state index in [0.717, 1.165) is 5.56 Å². The van der Waals surface area contributed by atoms with Crippen molar-refractivity contribution in [2.75, 3.05) is 19.5 Å². The maximum Gasteiger partial charge on any atom is 0.325 e. The lowest BCUT2D eigenvalue weighted by Crippen LogP contribution is -2.64. The van der Waals surface area contributed by atoms with Gasteiger partial charge in [-0.3, -0.25) is 14.5 Å². The van der Waals surface area contributed by atoms with Crippen LogP contribution in [0.15, 0.2) is 66.4 Å². The maximum atomic E-state index is 13.1. The van der Waals surface area contributed by atoms with Gasteiger partial charge >= 0.3 is 6.03 Å². The number of rotatable bonds is 5. The van der Waals surface area contributed by atoms with E-state index in [2.05, 4.69) is 10.6 Å². The van der Waals surface area contributed by atoms with Crippen LogP contribution in [0.3, 0.4) is 0 Å². The van der Waals surface area contributed by atoms with E-state index in [1.54, 1.807) is 42.4 Å². The first-order valence-electron chi connectivity index (χ1n) is 9.53. The number of ether oxygens (including phenoxy) is 1.